The first kappa shape index (κ1) is 40.8. The molecule has 13 nitrogen and oxygen atoms in total. The van der Waals surface area contributed by atoms with E-state index in [-0.39, 0.29) is 17.4 Å². The van der Waals surface area contributed by atoms with Crippen LogP contribution in [-0.2, 0) is 29.4 Å². The molecule has 2 amide bonds. The summed E-state index contributed by atoms with van der Waals surface area (Å²) in [4.78, 5) is 54.6. The van der Waals surface area contributed by atoms with Gasteiger partial charge in [0.05, 0.1) is 24.6 Å². The number of aromatic nitrogens is 2. The standard InChI is InChI=1S/C38H38F3N5O4.C2H2O4/c1-43(24-25-5-12-31(49-4)13-6-25)29-17-19-46(20-18-29)37(48)34-22-27-21-32(14-15-33(27)45(34)3)50-35-16-11-30(23-42-35)44(2)36(47)26-7-9-28(10-8-26)38(39,40)41;3-1(4)2(5)6/h5-16,21-23,29H,17-20,24H2,1-4H3;(H,3,4)(H,5,6). The fourth-order valence-electron chi connectivity index (χ4n) is 6.28. The third kappa shape index (κ3) is 9.81. The average molecular weight is 776 g/mol. The Balaban J connectivity index is 0.000000927. The van der Waals surface area contributed by atoms with Crippen molar-refractivity contribution < 1.29 is 52.0 Å². The zero-order valence-corrected chi connectivity index (χ0v) is 31.0. The highest BCUT2D eigenvalue weighted by atomic mass is 19.4. The topological polar surface area (TPSA) is 155 Å². The number of nitrogens with zero attached hydrogens (tertiary/aromatic N) is 5. The lowest BCUT2D eigenvalue weighted by Crippen LogP contribution is -2.45. The summed E-state index contributed by atoms with van der Waals surface area (Å²) in [6, 6.07) is 23.2. The number of carbonyl (C=O) groups is 4. The van der Waals surface area contributed by atoms with Gasteiger partial charge in [0.1, 0.15) is 17.2 Å². The van der Waals surface area contributed by atoms with E-state index in [1.165, 1.54) is 23.7 Å². The van der Waals surface area contributed by atoms with Gasteiger partial charge >= 0.3 is 18.1 Å². The summed E-state index contributed by atoms with van der Waals surface area (Å²) < 4.78 is 51.8. The average Bonchev–Trinajstić information content (AvgIpc) is 3.52. The van der Waals surface area contributed by atoms with E-state index in [1.54, 1.807) is 25.3 Å². The lowest BCUT2D eigenvalue weighted by Gasteiger charge is -2.37. The highest BCUT2D eigenvalue weighted by Gasteiger charge is 2.31. The van der Waals surface area contributed by atoms with Crippen molar-refractivity contribution in [2.24, 2.45) is 7.05 Å². The molecule has 0 saturated carbocycles. The SMILES string of the molecule is COc1ccc(CN(C)C2CCN(C(=O)c3cc4cc(Oc5ccc(N(C)C(=O)c6ccc(C(F)(F)F)cc6)cn5)ccc4n3C)CC2)cc1.O=C(O)C(=O)O. The van der Waals surface area contributed by atoms with Gasteiger partial charge in [-0.05, 0) is 92.2 Å². The highest BCUT2D eigenvalue weighted by Crippen LogP contribution is 2.31. The van der Waals surface area contributed by atoms with Gasteiger partial charge in [-0.2, -0.15) is 13.2 Å². The van der Waals surface area contributed by atoms with Crippen LogP contribution in [-0.4, -0.2) is 93.7 Å². The van der Waals surface area contributed by atoms with Crippen molar-refractivity contribution in [3.63, 3.8) is 0 Å². The number of methoxy groups -OCH3 is 1. The molecule has 0 bridgehead atoms. The van der Waals surface area contributed by atoms with Crippen LogP contribution in [0.3, 0.4) is 0 Å². The number of aliphatic carboxylic acids is 2. The maximum atomic E-state index is 13.6. The molecule has 3 heterocycles. The molecule has 6 rings (SSSR count). The van der Waals surface area contributed by atoms with Gasteiger partial charge in [-0.1, -0.05) is 12.1 Å². The van der Waals surface area contributed by atoms with Crippen LogP contribution in [0.2, 0.25) is 0 Å². The van der Waals surface area contributed by atoms with Gasteiger partial charge < -0.3 is 34.1 Å². The molecule has 1 aliphatic heterocycles. The highest BCUT2D eigenvalue weighted by molar-refractivity contribution is 6.27. The van der Waals surface area contributed by atoms with Gasteiger partial charge in [0.25, 0.3) is 11.8 Å². The molecule has 56 heavy (non-hydrogen) atoms. The number of aryl methyl sites for hydroxylation is 1. The number of alkyl halides is 3. The summed E-state index contributed by atoms with van der Waals surface area (Å²) in [6.07, 6.45) is -1.24. The zero-order chi connectivity index (χ0) is 40.7. The number of piperidine rings is 1. The number of likely N-dealkylation sites (tertiary alicyclic amines) is 1. The molecule has 1 aliphatic rings. The first-order valence-corrected chi connectivity index (χ1v) is 17.3. The molecule has 0 aliphatic carbocycles. The van der Waals surface area contributed by atoms with Crippen LogP contribution in [0.15, 0.2) is 91.1 Å². The van der Waals surface area contributed by atoms with Crippen LogP contribution in [0.5, 0.6) is 17.4 Å². The van der Waals surface area contributed by atoms with Crippen LogP contribution >= 0.6 is 0 Å². The number of hydrogen-bond acceptors (Lipinski definition) is 8. The number of fused-ring (bicyclic) bond motifs is 1. The minimum atomic E-state index is -4.48. The lowest BCUT2D eigenvalue weighted by atomic mass is 10.0. The number of amides is 2. The molecule has 0 atom stereocenters. The molecule has 0 radical (unpaired) electrons. The maximum absolute atomic E-state index is 13.6. The number of pyridine rings is 1. The largest absolute Gasteiger partial charge is 0.497 e. The number of carboxylic acid groups (broad SMARTS) is 2. The van der Waals surface area contributed by atoms with E-state index in [1.807, 2.05) is 46.8 Å². The summed E-state index contributed by atoms with van der Waals surface area (Å²) in [5, 5.41) is 15.6. The molecule has 5 aromatic rings. The summed E-state index contributed by atoms with van der Waals surface area (Å²) in [6.45, 7) is 2.19. The van der Waals surface area contributed by atoms with E-state index in [4.69, 9.17) is 29.3 Å². The van der Waals surface area contributed by atoms with Gasteiger partial charge in [-0.3, -0.25) is 14.5 Å². The summed E-state index contributed by atoms with van der Waals surface area (Å²) >= 11 is 0. The van der Waals surface area contributed by atoms with Gasteiger partial charge in [-0.15, -0.1) is 0 Å². The minimum absolute atomic E-state index is 0.00496. The van der Waals surface area contributed by atoms with Gasteiger partial charge in [0.2, 0.25) is 5.88 Å². The fourth-order valence-corrected chi connectivity index (χ4v) is 6.28. The van der Waals surface area contributed by atoms with E-state index in [0.717, 1.165) is 60.3 Å². The quantitative estimate of drug-likeness (QED) is 0.157. The molecule has 1 fully saturated rings. The van der Waals surface area contributed by atoms with Crippen LogP contribution < -0.4 is 14.4 Å². The molecular weight excluding hydrogens is 735 g/mol. The number of ether oxygens (including phenoxy) is 2. The molecule has 0 unspecified atom stereocenters. The van der Waals surface area contributed by atoms with E-state index >= 15 is 0 Å². The van der Waals surface area contributed by atoms with Crippen molar-refractivity contribution in [3.8, 4) is 17.4 Å². The third-order valence-corrected chi connectivity index (χ3v) is 9.48. The van der Waals surface area contributed by atoms with Gasteiger partial charge in [-0.25, -0.2) is 14.6 Å². The predicted molar refractivity (Wildman–Crippen MR) is 200 cm³/mol. The predicted octanol–water partition coefficient (Wildman–Crippen LogP) is 6.56. The molecule has 16 heteroatoms. The second kappa shape index (κ2) is 17.4. The van der Waals surface area contributed by atoms with Crippen molar-refractivity contribution in [1.82, 2.24) is 19.4 Å². The number of halogens is 3. The van der Waals surface area contributed by atoms with E-state index in [2.05, 4.69) is 29.1 Å². The molecule has 2 N–H and O–H groups in total. The van der Waals surface area contributed by atoms with Crippen LogP contribution in [0.1, 0.15) is 44.8 Å². The Labute approximate surface area is 320 Å². The Kier molecular flexibility index (Phi) is 12.6. The molecule has 1 saturated heterocycles. The summed E-state index contributed by atoms with van der Waals surface area (Å²) in [5.74, 6) is -2.48. The second-order valence-electron chi connectivity index (χ2n) is 13.1. The zero-order valence-electron chi connectivity index (χ0n) is 31.0. The number of carboxylic acids is 2. The van der Waals surface area contributed by atoms with Crippen LogP contribution in [0.4, 0.5) is 18.9 Å². The maximum Gasteiger partial charge on any atom is 0.416 e. The van der Waals surface area contributed by atoms with E-state index in [0.29, 0.717) is 36.3 Å². The number of rotatable bonds is 9. The minimum Gasteiger partial charge on any atom is -0.497 e. The summed E-state index contributed by atoms with van der Waals surface area (Å²) in [7, 11) is 7.19. The van der Waals surface area contributed by atoms with Crippen molar-refractivity contribution in [2.75, 3.05) is 39.2 Å². The monoisotopic (exact) mass is 775 g/mol. The molecular formula is C40H40F3N5O8. The van der Waals surface area contributed by atoms with Crippen molar-refractivity contribution in [3.05, 3.63) is 114 Å². The Bertz CT molecular complexity index is 2170. The van der Waals surface area contributed by atoms with Gasteiger partial charge in [0.15, 0.2) is 0 Å². The molecule has 2 aromatic heterocycles. The van der Waals surface area contributed by atoms with Crippen LogP contribution in [0.25, 0.3) is 10.9 Å². The third-order valence-electron chi connectivity index (χ3n) is 9.48. The first-order valence-electron chi connectivity index (χ1n) is 17.3. The Morgan fingerprint density at radius 3 is 2.04 bits per heavy atom. The summed E-state index contributed by atoms with van der Waals surface area (Å²) in [5.41, 5.74) is 2.45. The van der Waals surface area contributed by atoms with Crippen LogP contribution in [0, 0.1) is 0 Å². The number of benzene rings is 3. The lowest BCUT2D eigenvalue weighted by molar-refractivity contribution is -0.159. The fraction of sp³-hybridized carbons (Fsp3) is 0.275. The Morgan fingerprint density at radius 1 is 0.857 bits per heavy atom. The molecule has 3 aromatic carbocycles. The van der Waals surface area contributed by atoms with Crippen molar-refractivity contribution in [1.29, 1.82) is 0 Å². The number of carbonyl (C=O) groups excluding carboxylic acids is 2. The normalized spacial score (nSPS) is 13.2. The number of hydrogen-bond donors (Lipinski definition) is 2. The Hall–Kier alpha value is -6.42. The second-order valence-corrected chi connectivity index (χ2v) is 13.1. The van der Waals surface area contributed by atoms with E-state index < -0.39 is 29.6 Å². The molecule has 294 valence electrons. The van der Waals surface area contributed by atoms with Crippen molar-refractivity contribution in [2.45, 2.75) is 31.6 Å². The first-order chi connectivity index (χ1) is 26.5. The van der Waals surface area contributed by atoms with Gasteiger partial charge in [0, 0.05) is 62.3 Å². The Morgan fingerprint density at radius 2 is 1.48 bits per heavy atom. The number of anilines is 1. The smallest absolute Gasteiger partial charge is 0.416 e. The molecule has 0 spiro atoms. The van der Waals surface area contributed by atoms with E-state index in [9.17, 15) is 22.8 Å². The van der Waals surface area contributed by atoms with Crippen molar-refractivity contribution >= 4 is 40.3 Å².